The molecule has 1 amide bonds. The number of rotatable bonds is 7. The van der Waals surface area contributed by atoms with Gasteiger partial charge in [0.15, 0.2) is 0 Å². The lowest BCUT2D eigenvalue weighted by atomic mass is 9.98. The van der Waals surface area contributed by atoms with E-state index in [9.17, 15) is 18.0 Å². The molecule has 0 bridgehead atoms. The molecule has 0 heterocycles. The molecule has 0 radical (unpaired) electrons. The lowest BCUT2D eigenvalue weighted by Crippen LogP contribution is -2.26. The molecule has 3 aromatic carbocycles. The van der Waals surface area contributed by atoms with E-state index < -0.39 is 12.5 Å². The fourth-order valence-electron chi connectivity index (χ4n) is 4.02. The van der Waals surface area contributed by atoms with Crippen LogP contribution in [0.2, 0.25) is 0 Å². The molecule has 1 aliphatic carbocycles. The Labute approximate surface area is 195 Å². The van der Waals surface area contributed by atoms with Gasteiger partial charge in [-0.15, -0.1) is 13.2 Å². The molecule has 0 spiro atoms. The van der Waals surface area contributed by atoms with Crippen molar-refractivity contribution in [1.82, 2.24) is 5.32 Å². The van der Waals surface area contributed by atoms with E-state index in [-0.39, 0.29) is 24.0 Å². The first-order valence-electron chi connectivity index (χ1n) is 10.7. The number of carbonyl (C=O) groups excluding carboxylic acids is 1. The SMILES string of the molecule is Nc1cc(OC(F)(F)F)ccc1C=CCCNC(=O)OCC1c2ccccc2-c2ccccc21. The van der Waals surface area contributed by atoms with Crippen molar-refractivity contribution in [3.05, 3.63) is 89.5 Å². The lowest BCUT2D eigenvalue weighted by Gasteiger charge is -2.14. The Hall–Kier alpha value is -3.94. The normalized spacial score (nSPS) is 12.9. The number of alkyl carbamates (subject to hydrolysis) is 1. The number of ether oxygens (including phenoxy) is 2. The summed E-state index contributed by atoms with van der Waals surface area (Å²) in [7, 11) is 0. The van der Waals surface area contributed by atoms with E-state index in [4.69, 9.17) is 10.5 Å². The summed E-state index contributed by atoms with van der Waals surface area (Å²) in [6.07, 6.45) is -1.35. The molecular formula is C26H23F3N2O3. The van der Waals surface area contributed by atoms with Crippen molar-refractivity contribution in [2.75, 3.05) is 18.9 Å². The molecule has 0 aliphatic heterocycles. The van der Waals surface area contributed by atoms with E-state index in [0.29, 0.717) is 18.5 Å². The molecule has 1 aliphatic rings. The van der Waals surface area contributed by atoms with Gasteiger partial charge < -0.3 is 20.5 Å². The Bertz CT molecular complexity index is 1160. The third-order valence-corrected chi connectivity index (χ3v) is 5.51. The number of hydrogen-bond donors (Lipinski definition) is 2. The molecule has 5 nitrogen and oxygen atoms in total. The molecule has 3 aromatic rings. The molecule has 8 heteroatoms. The maximum atomic E-state index is 12.3. The minimum absolute atomic E-state index is 0.00896. The van der Waals surface area contributed by atoms with Gasteiger partial charge in [0, 0.05) is 24.2 Å². The highest BCUT2D eigenvalue weighted by Crippen LogP contribution is 2.44. The van der Waals surface area contributed by atoms with Crippen LogP contribution in [0.4, 0.5) is 23.7 Å². The summed E-state index contributed by atoms with van der Waals surface area (Å²) in [6, 6.07) is 20.0. The van der Waals surface area contributed by atoms with Crippen LogP contribution in [0.15, 0.2) is 72.8 Å². The third-order valence-electron chi connectivity index (χ3n) is 5.51. The van der Waals surface area contributed by atoms with Gasteiger partial charge in [0.1, 0.15) is 12.4 Å². The smallest absolute Gasteiger partial charge is 0.449 e. The number of halogens is 3. The first-order chi connectivity index (χ1) is 16.3. The monoisotopic (exact) mass is 468 g/mol. The van der Waals surface area contributed by atoms with E-state index in [1.807, 2.05) is 24.3 Å². The lowest BCUT2D eigenvalue weighted by molar-refractivity contribution is -0.274. The highest BCUT2D eigenvalue weighted by molar-refractivity contribution is 5.79. The number of carbonyl (C=O) groups is 1. The van der Waals surface area contributed by atoms with Crippen molar-refractivity contribution in [3.8, 4) is 16.9 Å². The van der Waals surface area contributed by atoms with Crippen LogP contribution in [-0.4, -0.2) is 25.6 Å². The third kappa shape index (κ3) is 5.51. The minimum Gasteiger partial charge on any atom is -0.449 e. The molecule has 0 atom stereocenters. The Morgan fingerprint density at radius 1 is 1.00 bits per heavy atom. The van der Waals surface area contributed by atoms with Crippen molar-refractivity contribution in [2.45, 2.75) is 18.7 Å². The molecule has 3 N–H and O–H groups in total. The molecule has 176 valence electrons. The molecule has 0 fully saturated rings. The Kier molecular flexibility index (Phi) is 6.77. The number of amides is 1. The topological polar surface area (TPSA) is 73.6 Å². The van der Waals surface area contributed by atoms with E-state index in [2.05, 4.69) is 34.3 Å². The van der Waals surface area contributed by atoms with Crippen LogP contribution in [-0.2, 0) is 4.74 Å². The van der Waals surface area contributed by atoms with Crippen LogP contribution in [0.5, 0.6) is 5.75 Å². The van der Waals surface area contributed by atoms with E-state index in [0.717, 1.165) is 28.3 Å². The predicted molar refractivity (Wildman–Crippen MR) is 124 cm³/mol. The van der Waals surface area contributed by atoms with Gasteiger partial charge in [0.2, 0.25) is 0 Å². The van der Waals surface area contributed by atoms with Crippen LogP contribution in [0.3, 0.4) is 0 Å². The van der Waals surface area contributed by atoms with Crippen molar-refractivity contribution < 1.29 is 27.4 Å². The molecule has 34 heavy (non-hydrogen) atoms. The predicted octanol–water partition coefficient (Wildman–Crippen LogP) is 6.11. The summed E-state index contributed by atoms with van der Waals surface area (Å²) in [5.74, 6) is -0.385. The first-order valence-corrected chi connectivity index (χ1v) is 10.7. The molecular weight excluding hydrogens is 445 g/mol. The fraction of sp³-hybridized carbons (Fsp3) is 0.192. The molecule has 0 saturated heterocycles. The van der Waals surface area contributed by atoms with Crippen molar-refractivity contribution in [2.24, 2.45) is 0 Å². The van der Waals surface area contributed by atoms with Crippen molar-refractivity contribution in [3.63, 3.8) is 0 Å². The zero-order valence-electron chi connectivity index (χ0n) is 18.1. The van der Waals surface area contributed by atoms with Gasteiger partial charge in [-0.1, -0.05) is 60.7 Å². The number of anilines is 1. The first kappa shape index (κ1) is 23.2. The molecule has 0 unspecified atom stereocenters. The fourth-order valence-corrected chi connectivity index (χ4v) is 4.02. The van der Waals surface area contributed by atoms with Crippen molar-refractivity contribution >= 4 is 17.9 Å². The zero-order valence-corrected chi connectivity index (χ0v) is 18.1. The van der Waals surface area contributed by atoms with Gasteiger partial charge in [0.25, 0.3) is 0 Å². The highest BCUT2D eigenvalue weighted by Gasteiger charge is 2.31. The van der Waals surface area contributed by atoms with Gasteiger partial charge in [-0.25, -0.2) is 4.79 Å². The Balaban J connectivity index is 1.25. The molecule has 0 aromatic heterocycles. The zero-order chi connectivity index (χ0) is 24.1. The average Bonchev–Trinajstić information content (AvgIpc) is 3.11. The maximum Gasteiger partial charge on any atom is 0.573 e. The molecule has 0 saturated carbocycles. The number of benzene rings is 3. The van der Waals surface area contributed by atoms with Gasteiger partial charge in [0.05, 0.1) is 0 Å². The van der Waals surface area contributed by atoms with E-state index in [1.54, 1.807) is 12.2 Å². The van der Waals surface area contributed by atoms with Crippen LogP contribution >= 0.6 is 0 Å². The average molecular weight is 468 g/mol. The number of alkyl halides is 3. The second-order valence-corrected chi connectivity index (χ2v) is 7.78. The number of nitrogens with one attached hydrogen (secondary N) is 1. The van der Waals surface area contributed by atoms with Crippen LogP contribution in [0, 0.1) is 0 Å². The number of hydrogen-bond acceptors (Lipinski definition) is 4. The second kappa shape index (κ2) is 9.91. The van der Waals surface area contributed by atoms with E-state index >= 15 is 0 Å². The van der Waals surface area contributed by atoms with Gasteiger partial charge >= 0.3 is 12.5 Å². The van der Waals surface area contributed by atoms with E-state index in [1.165, 1.54) is 12.1 Å². The number of nitrogen functional groups attached to an aromatic ring is 1. The highest BCUT2D eigenvalue weighted by atomic mass is 19.4. The van der Waals surface area contributed by atoms with Crippen LogP contribution in [0.1, 0.15) is 29.0 Å². The van der Waals surface area contributed by atoms with Gasteiger partial charge in [-0.2, -0.15) is 0 Å². The summed E-state index contributed by atoms with van der Waals surface area (Å²) in [5.41, 5.74) is 11.1. The minimum atomic E-state index is -4.77. The largest absolute Gasteiger partial charge is 0.573 e. The van der Waals surface area contributed by atoms with Crippen LogP contribution < -0.4 is 15.8 Å². The quantitative estimate of drug-likeness (QED) is 0.324. The second-order valence-electron chi connectivity index (χ2n) is 7.78. The summed E-state index contributed by atoms with van der Waals surface area (Å²) < 4.78 is 46.2. The summed E-state index contributed by atoms with van der Waals surface area (Å²) in [6.45, 7) is 0.570. The number of fused-ring (bicyclic) bond motifs is 3. The number of nitrogens with two attached hydrogens (primary N) is 1. The summed E-state index contributed by atoms with van der Waals surface area (Å²) >= 11 is 0. The van der Waals surface area contributed by atoms with Crippen molar-refractivity contribution in [1.29, 1.82) is 0 Å². The summed E-state index contributed by atoms with van der Waals surface area (Å²) in [5, 5.41) is 2.70. The van der Waals surface area contributed by atoms with Crippen LogP contribution in [0.25, 0.3) is 17.2 Å². The molecule has 4 rings (SSSR count). The summed E-state index contributed by atoms with van der Waals surface area (Å²) in [4.78, 5) is 12.2. The van der Waals surface area contributed by atoms with Gasteiger partial charge in [-0.05, 0) is 46.4 Å². The maximum absolute atomic E-state index is 12.3. The van der Waals surface area contributed by atoms with Gasteiger partial charge in [-0.3, -0.25) is 0 Å². The Morgan fingerprint density at radius 3 is 2.26 bits per heavy atom. The Morgan fingerprint density at radius 2 is 1.65 bits per heavy atom. The standard InChI is InChI=1S/C26H23F3N2O3/c27-26(28,29)34-18-13-12-17(24(30)15-18)7-5-6-14-31-25(32)33-16-23-21-10-3-1-8-19(21)20-9-2-4-11-22(20)23/h1-5,7-13,15,23H,6,14,16,30H2,(H,31,32).